The summed E-state index contributed by atoms with van der Waals surface area (Å²) in [4.78, 5) is 0. The van der Waals surface area contributed by atoms with Gasteiger partial charge in [0.2, 0.25) is 0 Å². The smallest absolute Gasteiger partial charge is 0.142 e. The molecule has 0 saturated heterocycles. The summed E-state index contributed by atoms with van der Waals surface area (Å²) in [6.45, 7) is 1.59. The van der Waals surface area contributed by atoms with Gasteiger partial charge in [0.25, 0.3) is 0 Å². The molecule has 3 atom stereocenters. The van der Waals surface area contributed by atoms with E-state index in [0.717, 1.165) is 43.5 Å². The molecule has 1 aromatic rings. The second-order valence-electron chi connectivity index (χ2n) is 5.74. The van der Waals surface area contributed by atoms with Crippen molar-refractivity contribution in [3.8, 4) is 5.75 Å². The predicted molar refractivity (Wildman–Crippen MR) is 80.7 cm³/mol. The Hall–Kier alpha value is -0.480. The van der Waals surface area contributed by atoms with Crippen LogP contribution in [0.25, 0.3) is 0 Å². The normalized spacial score (nSPS) is 29.1. The van der Waals surface area contributed by atoms with Gasteiger partial charge >= 0.3 is 0 Å². The molecule has 1 saturated carbocycles. The molecule has 0 aromatic heterocycles. The van der Waals surface area contributed by atoms with Crippen LogP contribution in [0.3, 0.4) is 0 Å². The molecule has 1 heterocycles. The maximum Gasteiger partial charge on any atom is 0.142 e. The van der Waals surface area contributed by atoms with Gasteiger partial charge in [-0.3, -0.25) is 0 Å². The molecule has 20 heavy (non-hydrogen) atoms. The SMILES string of the molecule is OC1CCC(CNC2CCOc3c(Cl)cc(Cl)cc32)C1. The molecule has 0 bridgehead atoms. The number of ether oxygens (including phenoxy) is 1. The van der Waals surface area contributed by atoms with E-state index in [1.807, 2.05) is 6.07 Å². The summed E-state index contributed by atoms with van der Waals surface area (Å²) >= 11 is 12.3. The van der Waals surface area contributed by atoms with Crippen molar-refractivity contribution >= 4 is 23.2 Å². The maximum atomic E-state index is 9.58. The average molecular weight is 316 g/mol. The molecular weight excluding hydrogens is 297 g/mol. The van der Waals surface area contributed by atoms with E-state index in [-0.39, 0.29) is 12.1 Å². The minimum Gasteiger partial charge on any atom is -0.492 e. The molecule has 1 aliphatic heterocycles. The number of hydrogen-bond donors (Lipinski definition) is 2. The lowest BCUT2D eigenvalue weighted by atomic mass is 9.99. The Morgan fingerprint density at radius 3 is 2.85 bits per heavy atom. The largest absolute Gasteiger partial charge is 0.492 e. The monoisotopic (exact) mass is 315 g/mol. The van der Waals surface area contributed by atoms with Crippen molar-refractivity contribution in [2.45, 2.75) is 37.8 Å². The van der Waals surface area contributed by atoms with Crippen molar-refractivity contribution in [3.05, 3.63) is 27.7 Å². The van der Waals surface area contributed by atoms with E-state index in [4.69, 9.17) is 27.9 Å². The van der Waals surface area contributed by atoms with Crippen molar-refractivity contribution in [2.75, 3.05) is 13.2 Å². The fourth-order valence-electron chi connectivity index (χ4n) is 3.18. The van der Waals surface area contributed by atoms with Crippen LogP contribution in [0.2, 0.25) is 10.0 Å². The van der Waals surface area contributed by atoms with Crippen LogP contribution in [0, 0.1) is 5.92 Å². The van der Waals surface area contributed by atoms with E-state index in [2.05, 4.69) is 5.32 Å². The van der Waals surface area contributed by atoms with Crippen molar-refractivity contribution in [1.82, 2.24) is 5.32 Å². The molecule has 0 radical (unpaired) electrons. The van der Waals surface area contributed by atoms with Crippen molar-refractivity contribution in [1.29, 1.82) is 0 Å². The van der Waals surface area contributed by atoms with E-state index in [9.17, 15) is 5.11 Å². The summed E-state index contributed by atoms with van der Waals surface area (Å²) in [5.41, 5.74) is 1.05. The molecule has 0 spiro atoms. The van der Waals surface area contributed by atoms with E-state index in [1.165, 1.54) is 0 Å². The minimum absolute atomic E-state index is 0.118. The maximum absolute atomic E-state index is 9.58. The third-order valence-electron chi connectivity index (χ3n) is 4.23. The van der Waals surface area contributed by atoms with E-state index in [0.29, 0.717) is 22.6 Å². The molecule has 110 valence electrons. The van der Waals surface area contributed by atoms with E-state index in [1.54, 1.807) is 6.07 Å². The zero-order chi connectivity index (χ0) is 14.1. The lowest BCUT2D eigenvalue weighted by molar-refractivity contribution is 0.176. The molecule has 1 fully saturated rings. The van der Waals surface area contributed by atoms with Crippen molar-refractivity contribution < 1.29 is 9.84 Å². The van der Waals surface area contributed by atoms with Crippen molar-refractivity contribution in [2.24, 2.45) is 5.92 Å². The third kappa shape index (κ3) is 3.06. The lowest BCUT2D eigenvalue weighted by Gasteiger charge is -2.28. The van der Waals surface area contributed by atoms with Gasteiger partial charge in [0, 0.05) is 23.0 Å². The number of rotatable bonds is 3. The van der Waals surface area contributed by atoms with Crippen LogP contribution < -0.4 is 10.1 Å². The van der Waals surface area contributed by atoms with E-state index < -0.39 is 0 Å². The standard InChI is InChI=1S/C15H19Cl2NO2/c16-10-6-12-14(3-4-20-15(12)13(17)7-10)18-8-9-1-2-11(19)5-9/h6-7,9,11,14,18-19H,1-5,8H2. The first-order chi connectivity index (χ1) is 9.63. The highest BCUT2D eigenvalue weighted by molar-refractivity contribution is 6.35. The highest BCUT2D eigenvalue weighted by atomic mass is 35.5. The van der Waals surface area contributed by atoms with Crippen LogP contribution >= 0.6 is 23.2 Å². The fraction of sp³-hybridized carbons (Fsp3) is 0.600. The molecule has 5 heteroatoms. The van der Waals surface area contributed by atoms with Crippen LogP contribution in [-0.4, -0.2) is 24.4 Å². The summed E-state index contributed by atoms with van der Waals surface area (Å²) in [6.07, 6.45) is 3.72. The summed E-state index contributed by atoms with van der Waals surface area (Å²) < 4.78 is 5.66. The van der Waals surface area contributed by atoms with Gasteiger partial charge in [-0.05, 0) is 43.9 Å². The molecule has 1 aliphatic carbocycles. The molecule has 3 rings (SSSR count). The Kier molecular flexibility index (Phi) is 4.41. The average Bonchev–Trinajstić information content (AvgIpc) is 2.82. The summed E-state index contributed by atoms with van der Waals surface area (Å²) in [6, 6.07) is 3.88. The van der Waals surface area contributed by atoms with Gasteiger partial charge in [0.15, 0.2) is 0 Å². The third-order valence-corrected chi connectivity index (χ3v) is 4.73. The molecule has 0 amide bonds. The van der Waals surface area contributed by atoms with Gasteiger partial charge in [-0.25, -0.2) is 0 Å². The van der Waals surface area contributed by atoms with Crippen LogP contribution in [0.1, 0.15) is 37.3 Å². The van der Waals surface area contributed by atoms with Gasteiger partial charge in [-0.15, -0.1) is 0 Å². The van der Waals surface area contributed by atoms with Crippen LogP contribution in [0.15, 0.2) is 12.1 Å². The number of aliphatic hydroxyl groups is 1. The molecule has 3 unspecified atom stereocenters. The molecule has 2 aliphatic rings. The van der Waals surface area contributed by atoms with Crippen LogP contribution in [-0.2, 0) is 0 Å². The summed E-state index contributed by atoms with van der Waals surface area (Å²) in [7, 11) is 0. The Balaban J connectivity index is 1.70. The highest BCUT2D eigenvalue weighted by Gasteiger charge is 2.27. The second kappa shape index (κ2) is 6.10. The number of fused-ring (bicyclic) bond motifs is 1. The molecule has 3 nitrogen and oxygen atoms in total. The zero-order valence-electron chi connectivity index (χ0n) is 11.2. The first-order valence-corrected chi connectivity index (χ1v) is 7.92. The van der Waals surface area contributed by atoms with Gasteiger partial charge in [-0.2, -0.15) is 0 Å². The Labute approximate surface area is 129 Å². The Morgan fingerprint density at radius 2 is 2.10 bits per heavy atom. The number of hydrogen-bond acceptors (Lipinski definition) is 3. The number of nitrogens with one attached hydrogen (secondary N) is 1. The summed E-state index contributed by atoms with van der Waals surface area (Å²) in [5, 5.41) is 14.4. The van der Waals surface area contributed by atoms with Gasteiger partial charge in [0.1, 0.15) is 5.75 Å². The van der Waals surface area contributed by atoms with Gasteiger partial charge < -0.3 is 15.2 Å². The Morgan fingerprint density at radius 1 is 1.25 bits per heavy atom. The molecule has 1 aromatic carbocycles. The van der Waals surface area contributed by atoms with Gasteiger partial charge in [-0.1, -0.05) is 23.2 Å². The number of benzene rings is 1. The topological polar surface area (TPSA) is 41.5 Å². The quantitative estimate of drug-likeness (QED) is 0.896. The van der Waals surface area contributed by atoms with E-state index >= 15 is 0 Å². The second-order valence-corrected chi connectivity index (χ2v) is 6.58. The summed E-state index contributed by atoms with van der Waals surface area (Å²) in [5.74, 6) is 1.32. The number of halogens is 2. The Bertz CT molecular complexity index is 495. The van der Waals surface area contributed by atoms with Crippen LogP contribution in [0.4, 0.5) is 0 Å². The molecular formula is C15H19Cl2NO2. The lowest BCUT2D eigenvalue weighted by Crippen LogP contribution is -2.30. The first kappa shape index (κ1) is 14.5. The minimum atomic E-state index is -0.118. The van der Waals surface area contributed by atoms with Crippen molar-refractivity contribution in [3.63, 3.8) is 0 Å². The fourth-order valence-corrected chi connectivity index (χ4v) is 3.74. The van der Waals surface area contributed by atoms with Gasteiger partial charge in [0.05, 0.1) is 17.7 Å². The van der Waals surface area contributed by atoms with Crippen LogP contribution in [0.5, 0.6) is 5.75 Å². The molecule has 2 N–H and O–H groups in total. The highest BCUT2D eigenvalue weighted by Crippen LogP contribution is 2.40. The zero-order valence-corrected chi connectivity index (χ0v) is 12.8. The first-order valence-electron chi connectivity index (χ1n) is 7.16. The number of aliphatic hydroxyl groups excluding tert-OH is 1. The predicted octanol–water partition coefficient (Wildman–Crippen LogP) is 3.57.